The molecule has 78 valence electrons. The highest BCUT2D eigenvalue weighted by molar-refractivity contribution is 6.30. The molecule has 0 heterocycles. The van der Waals surface area contributed by atoms with Crippen molar-refractivity contribution in [2.45, 2.75) is 0 Å². The third-order valence-corrected chi connectivity index (χ3v) is 4.06. The first kappa shape index (κ1) is 11.5. The molecule has 0 aromatic heterocycles. The number of rotatable bonds is 1. The molecule has 0 N–H and O–H groups in total. The summed E-state index contributed by atoms with van der Waals surface area (Å²) in [5, 5.41) is 0.781. The van der Waals surface area contributed by atoms with E-state index in [4.69, 9.17) is 11.6 Å². The molecule has 0 saturated heterocycles. The molecule has 0 aliphatic rings. The lowest BCUT2D eigenvalue weighted by atomic mass is 10.2. The predicted molar refractivity (Wildman–Crippen MR) is 63.5 cm³/mol. The highest BCUT2D eigenvalue weighted by Gasteiger charge is 2.07. The maximum absolute atomic E-state index is 5.82. The summed E-state index contributed by atoms with van der Waals surface area (Å²) < 4.78 is 4.55. The van der Waals surface area contributed by atoms with Crippen molar-refractivity contribution in [3.63, 3.8) is 0 Å². The first-order valence-corrected chi connectivity index (χ1v) is 7.33. The summed E-state index contributed by atoms with van der Waals surface area (Å²) >= 11 is 5.59. The lowest BCUT2D eigenvalue weighted by molar-refractivity contribution is -0.535. The van der Waals surface area contributed by atoms with Crippen LogP contribution in [0.25, 0.3) is 0 Å². The maximum atomic E-state index is 5.82. The molecule has 2 aromatic rings. The van der Waals surface area contributed by atoms with Gasteiger partial charge in [0.15, 0.2) is 3.93 Å². The second kappa shape index (κ2) is 5.93. The average Bonchev–Trinajstić information content (AvgIpc) is 2.33. The van der Waals surface area contributed by atoms with E-state index in [0.29, 0.717) is 0 Å². The molecule has 2 rings (SSSR count). The average molecular weight is 340 g/mol. The van der Waals surface area contributed by atoms with Gasteiger partial charge in [-0.2, -0.15) is 0 Å². The van der Waals surface area contributed by atoms with E-state index in [-0.39, 0.29) is 21.2 Å². The molecule has 0 unspecified atom stereocenters. The molecule has 0 saturated carbocycles. The van der Waals surface area contributed by atoms with E-state index in [0.717, 1.165) is 10.6 Å². The van der Waals surface area contributed by atoms with E-state index >= 15 is 0 Å². The van der Waals surface area contributed by atoms with Crippen LogP contribution in [-0.2, 0) is 0 Å². The monoisotopic (exact) mass is 339 g/mol. The Hall–Kier alpha value is -0.980. The number of halogens is 2. The minimum Gasteiger partial charge on any atom is -0.0843 e. The summed E-state index contributed by atoms with van der Waals surface area (Å²) in [6.45, 7) is 0. The van der Waals surface area contributed by atoms with Crippen molar-refractivity contribution in [3.8, 4) is 9.85 Å². The quantitative estimate of drug-likeness (QED) is 0.527. The van der Waals surface area contributed by atoms with Gasteiger partial charge in [-0.3, -0.25) is 0 Å². The molecule has 0 bridgehead atoms. The van der Waals surface area contributed by atoms with E-state index in [9.17, 15) is 0 Å². The van der Waals surface area contributed by atoms with Crippen LogP contribution in [-0.4, -0.2) is 0 Å². The van der Waals surface area contributed by atoms with Crippen LogP contribution < -0.4 is 21.2 Å². The number of hydrogen-bond donors (Lipinski definition) is 0. The van der Waals surface area contributed by atoms with E-state index in [1.54, 1.807) is 0 Å². The van der Waals surface area contributed by atoms with Crippen molar-refractivity contribution in [2.24, 2.45) is 0 Å². The summed E-state index contributed by atoms with van der Waals surface area (Å²) in [5.41, 5.74) is 1.08. The van der Waals surface area contributed by atoms with Gasteiger partial charge in [-0.15, -0.1) is 0 Å². The van der Waals surface area contributed by atoms with Gasteiger partial charge in [-0.25, -0.2) is 0 Å². The van der Waals surface area contributed by atoms with Gasteiger partial charge in [0, 0.05) is 10.6 Å². The second-order valence-electron chi connectivity index (χ2n) is 3.12. The third kappa shape index (κ3) is 3.55. The number of benzene rings is 2. The van der Waals surface area contributed by atoms with Crippen molar-refractivity contribution in [2.75, 3.05) is 0 Å². The van der Waals surface area contributed by atoms with Crippen LogP contribution in [0.5, 0.6) is 0 Å². The molecule has 0 fully saturated rings. The van der Waals surface area contributed by atoms with E-state index in [2.05, 4.69) is 22.0 Å². The van der Waals surface area contributed by atoms with Crippen LogP contribution in [0.15, 0.2) is 54.6 Å². The standard InChI is InChI=1S/C14H9ClI/c15-13-6-8-14(9-7-13)16-11-10-12-4-2-1-3-5-12/h1-9H/q+1. The Morgan fingerprint density at radius 3 is 2.25 bits per heavy atom. The fourth-order valence-corrected chi connectivity index (χ4v) is 2.75. The molecule has 0 aliphatic heterocycles. The zero-order chi connectivity index (χ0) is 11.2. The van der Waals surface area contributed by atoms with Crippen LogP contribution in [0.2, 0.25) is 5.02 Å². The van der Waals surface area contributed by atoms with Crippen molar-refractivity contribution in [1.82, 2.24) is 0 Å². The van der Waals surface area contributed by atoms with Crippen LogP contribution in [0, 0.1) is 13.4 Å². The molecule has 0 aliphatic carbocycles. The zero-order valence-corrected chi connectivity index (χ0v) is 11.4. The van der Waals surface area contributed by atoms with Gasteiger partial charge in [0.05, 0.1) is 0 Å². The molecule has 16 heavy (non-hydrogen) atoms. The van der Waals surface area contributed by atoms with Crippen LogP contribution >= 0.6 is 11.6 Å². The van der Waals surface area contributed by atoms with Gasteiger partial charge >= 0.3 is 21.2 Å². The highest BCUT2D eigenvalue weighted by Crippen LogP contribution is 2.03. The van der Waals surface area contributed by atoms with E-state index in [1.165, 1.54) is 3.57 Å². The predicted octanol–water partition coefficient (Wildman–Crippen LogP) is 0.608. The summed E-state index contributed by atoms with van der Waals surface area (Å²) in [6.07, 6.45) is 0. The summed E-state index contributed by atoms with van der Waals surface area (Å²) in [6, 6.07) is 18.0. The molecule has 0 nitrogen and oxygen atoms in total. The Balaban J connectivity index is 2.03. The number of hydrogen-bond acceptors (Lipinski definition) is 0. The molecular formula is C14H9ClI+. The highest BCUT2D eigenvalue weighted by atomic mass is 127. The first-order chi connectivity index (χ1) is 7.84. The Morgan fingerprint density at radius 2 is 1.56 bits per heavy atom. The minimum atomic E-state index is -0.232. The van der Waals surface area contributed by atoms with Crippen LogP contribution in [0.4, 0.5) is 0 Å². The van der Waals surface area contributed by atoms with Gasteiger partial charge in [-0.1, -0.05) is 29.8 Å². The molecule has 2 heteroatoms. The second-order valence-corrected chi connectivity index (χ2v) is 5.88. The Kier molecular flexibility index (Phi) is 4.26. The Labute approximate surface area is 111 Å². The largest absolute Gasteiger partial charge is 0.420 e. The van der Waals surface area contributed by atoms with Crippen molar-refractivity contribution < 1.29 is 21.2 Å². The fourth-order valence-electron chi connectivity index (χ4n) is 1.15. The Morgan fingerprint density at radius 1 is 0.875 bits per heavy atom. The summed E-state index contributed by atoms with van der Waals surface area (Å²) in [7, 11) is 0. The van der Waals surface area contributed by atoms with Gasteiger partial charge < -0.3 is 0 Å². The zero-order valence-electron chi connectivity index (χ0n) is 8.45. The summed E-state index contributed by atoms with van der Waals surface area (Å²) in [5.74, 6) is 3.17. The smallest absolute Gasteiger partial charge is 0.0843 e. The van der Waals surface area contributed by atoms with E-state index < -0.39 is 0 Å². The fraction of sp³-hybridized carbons (Fsp3) is 0. The first-order valence-electron chi connectivity index (χ1n) is 4.80. The Bertz CT molecular complexity index is 506. The van der Waals surface area contributed by atoms with Crippen LogP contribution in [0.3, 0.4) is 0 Å². The van der Waals surface area contributed by atoms with Gasteiger partial charge in [-0.05, 0) is 42.3 Å². The normalized spacial score (nSPS) is 9.31. The van der Waals surface area contributed by atoms with Gasteiger partial charge in [0.2, 0.25) is 3.57 Å². The van der Waals surface area contributed by atoms with Crippen molar-refractivity contribution >= 4 is 11.6 Å². The minimum absolute atomic E-state index is 0.232. The molecular weight excluding hydrogens is 331 g/mol. The third-order valence-electron chi connectivity index (χ3n) is 1.93. The molecule has 0 atom stereocenters. The molecule has 0 radical (unpaired) electrons. The van der Waals surface area contributed by atoms with Crippen molar-refractivity contribution in [3.05, 3.63) is 68.8 Å². The van der Waals surface area contributed by atoms with Crippen LogP contribution in [0.1, 0.15) is 5.56 Å². The molecule has 0 amide bonds. The van der Waals surface area contributed by atoms with E-state index in [1.807, 2.05) is 42.5 Å². The SMILES string of the molecule is Clc1ccc([I+]C#Cc2ccccc2)cc1. The molecule has 0 spiro atoms. The van der Waals surface area contributed by atoms with Crippen molar-refractivity contribution in [1.29, 1.82) is 0 Å². The lowest BCUT2D eigenvalue weighted by Gasteiger charge is -1.84. The lowest BCUT2D eigenvalue weighted by Crippen LogP contribution is -3.59. The topological polar surface area (TPSA) is 0 Å². The maximum Gasteiger partial charge on any atom is 0.420 e. The molecule has 2 aromatic carbocycles. The summed E-state index contributed by atoms with van der Waals surface area (Å²) in [4.78, 5) is 0. The van der Waals surface area contributed by atoms with Gasteiger partial charge in [0.1, 0.15) is 0 Å². The van der Waals surface area contributed by atoms with Gasteiger partial charge in [0.25, 0.3) is 0 Å².